The highest BCUT2D eigenvalue weighted by Crippen LogP contribution is 2.21. The van der Waals surface area contributed by atoms with Crippen LogP contribution in [0.4, 0.5) is 5.13 Å². The number of aryl methyl sites for hydroxylation is 1. The van der Waals surface area contributed by atoms with Gasteiger partial charge < -0.3 is 10.2 Å². The fraction of sp³-hybridized carbons (Fsp3) is 0.471. The average Bonchev–Trinajstić information content (AvgIpc) is 2.90. The Bertz CT molecular complexity index is 545. The fourth-order valence-electron chi connectivity index (χ4n) is 2.08. The zero-order valence-electron chi connectivity index (χ0n) is 13.4. The summed E-state index contributed by atoms with van der Waals surface area (Å²) in [4.78, 5) is 6.91. The van der Waals surface area contributed by atoms with Crippen LogP contribution in [-0.2, 0) is 13.1 Å². The molecule has 1 aromatic carbocycles. The third-order valence-electron chi connectivity index (χ3n) is 3.27. The number of anilines is 1. The smallest absolute Gasteiger partial charge is 0.185 e. The molecule has 0 fully saturated rings. The number of thiazole rings is 1. The fourth-order valence-corrected chi connectivity index (χ4v) is 2.87. The number of nitrogens with zero attached hydrogens (tertiary/aromatic N) is 2. The molecule has 0 spiro atoms. The van der Waals surface area contributed by atoms with Crippen LogP contribution in [0.25, 0.3) is 0 Å². The largest absolute Gasteiger partial charge is 0.347 e. The minimum atomic E-state index is 0.673. The first-order chi connectivity index (χ1) is 10.0. The Hall–Kier alpha value is -1.39. The average molecular weight is 303 g/mol. The van der Waals surface area contributed by atoms with Crippen LogP contribution in [0.3, 0.4) is 0 Å². The highest BCUT2D eigenvalue weighted by molar-refractivity contribution is 7.13. The molecule has 1 N–H and O–H groups in total. The highest BCUT2D eigenvalue weighted by atomic mass is 32.1. The van der Waals surface area contributed by atoms with E-state index in [0.717, 1.165) is 30.5 Å². The predicted octanol–water partition coefficient (Wildman–Crippen LogP) is 3.83. The summed E-state index contributed by atoms with van der Waals surface area (Å²) in [6.45, 7) is 9.33. The summed E-state index contributed by atoms with van der Waals surface area (Å²) in [6.07, 6.45) is 0. The summed E-state index contributed by atoms with van der Waals surface area (Å²) in [7, 11) is 2.10. The summed E-state index contributed by atoms with van der Waals surface area (Å²) < 4.78 is 0. The molecule has 0 saturated heterocycles. The van der Waals surface area contributed by atoms with Gasteiger partial charge in [-0.15, -0.1) is 11.3 Å². The SMILES string of the molecule is Cc1ccc(CN(C)c2nc(CNCC(C)C)cs2)cc1. The summed E-state index contributed by atoms with van der Waals surface area (Å²) in [5, 5.41) is 6.66. The summed E-state index contributed by atoms with van der Waals surface area (Å²) in [5.41, 5.74) is 3.75. The van der Waals surface area contributed by atoms with Crippen molar-refractivity contribution >= 4 is 16.5 Å². The molecule has 0 aliphatic rings. The molecule has 0 aliphatic carbocycles. The number of aromatic nitrogens is 1. The van der Waals surface area contributed by atoms with Crippen molar-refractivity contribution < 1.29 is 0 Å². The first-order valence-electron chi connectivity index (χ1n) is 7.46. The van der Waals surface area contributed by atoms with E-state index in [1.54, 1.807) is 11.3 Å². The van der Waals surface area contributed by atoms with Crippen LogP contribution in [0.1, 0.15) is 30.7 Å². The maximum absolute atomic E-state index is 4.70. The van der Waals surface area contributed by atoms with Crippen molar-refractivity contribution in [1.29, 1.82) is 0 Å². The number of nitrogens with one attached hydrogen (secondary N) is 1. The molecule has 0 amide bonds. The molecule has 0 aliphatic heterocycles. The summed E-state index contributed by atoms with van der Waals surface area (Å²) in [5.74, 6) is 0.673. The van der Waals surface area contributed by atoms with Gasteiger partial charge in [0.25, 0.3) is 0 Å². The Kier molecular flexibility index (Phi) is 5.76. The highest BCUT2D eigenvalue weighted by Gasteiger charge is 2.07. The van der Waals surface area contributed by atoms with Crippen molar-refractivity contribution in [3.63, 3.8) is 0 Å². The van der Waals surface area contributed by atoms with Gasteiger partial charge in [0.05, 0.1) is 5.69 Å². The third-order valence-corrected chi connectivity index (χ3v) is 4.27. The molecule has 0 atom stereocenters. The molecule has 4 heteroatoms. The Morgan fingerprint density at radius 1 is 1.24 bits per heavy atom. The lowest BCUT2D eigenvalue weighted by Gasteiger charge is -2.15. The van der Waals surface area contributed by atoms with Gasteiger partial charge in [-0.3, -0.25) is 0 Å². The van der Waals surface area contributed by atoms with Gasteiger partial charge in [-0.25, -0.2) is 4.98 Å². The third kappa shape index (κ3) is 5.14. The molecule has 2 rings (SSSR count). The van der Waals surface area contributed by atoms with E-state index >= 15 is 0 Å². The quantitative estimate of drug-likeness (QED) is 0.842. The zero-order valence-corrected chi connectivity index (χ0v) is 14.2. The van der Waals surface area contributed by atoms with E-state index in [2.05, 4.69) is 67.7 Å². The molecule has 0 bridgehead atoms. The molecule has 1 heterocycles. The molecule has 0 saturated carbocycles. The second-order valence-electron chi connectivity index (χ2n) is 5.99. The molecular formula is C17H25N3S. The van der Waals surface area contributed by atoms with E-state index in [1.165, 1.54) is 11.1 Å². The lowest BCUT2D eigenvalue weighted by atomic mass is 10.1. The van der Waals surface area contributed by atoms with Gasteiger partial charge in [0.1, 0.15) is 0 Å². The van der Waals surface area contributed by atoms with Crippen LogP contribution in [-0.4, -0.2) is 18.6 Å². The Balaban J connectivity index is 1.89. The second-order valence-corrected chi connectivity index (χ2v) is 6.82. The van der Waals surface area contributed by atoms with Crippen molar-refractivity contribution in [2.45, 2.75) is 33.9 Å². The topological polar surface area (TPSA) is 28.2 Å². The Morgan fingerprint density at radius 3 is 2.62 bits per heavy atom. The van der Waals surface area contributed by atoms with Gasteiger partial charge >= 0.3 is 0 Å². The molecule has 114 valence electrons. The Morgan fingerprint density at radius 2 is 1.95 bits per heavy atom. The van der Waals surface area contributed by atoms with Crippen LogP contribution in [0, 0.1) is 12.8 Å². The van der Waals surface area contributed by atoms with Crippen LogP contribution < -0.4 is 10.2 Å². The normalized spacial score (nSPS) is 11.1. The Labute approximate surface area is 132 Å². The molecule has 0 radical (unpaired) electrons. The van der Waals surface area contributed by atoms with Crippen molar-refractivity contribution in [1.82, 2.24) is 10.3 Å². The second kappa shape index (κ2) is 7.57. The van der Waals surface area contributed by atoms with E-state index in [-0.39, 0.29) is 0 Å². The predicted molar refractivity (Wildman–Crippen MR) is 91.9 cm³/mol. The molecule has 2 aromatic rings. The van der Waals surface area contributed by atoms with Gasteiger partial charge in [0.2, 0.25) is 0 Å². The van der Waals surface area contributed by atoms with E-state index in [1.807, 2.05) is 0 Å². The van der Waals surface area contributed by atoms with E-state index in [9.17, 15) is 0 Å². The van der Waals surface area contributed by atoms with E-state index < -0.39 is 0 Å². The maximum atomic E-state index is 4.70. The zero-order chi connectivity index (χ0) is 15.2. The van der Waals surface area contributed by atoms with Gasteiger partial charge in [0.15, 0.2) is 5.13 Å². The van der Waals surface area contributed by atoms with Crippen molar-refractivity contribution in [2.24, 2.45) is 5.92 Å². The monoisotopic (exact) mass is 303 g/mol. The lowest BCUT2D eigenvalue weighted by Crippen LogP contribution is -2.19. The van der Waals surface area contributed by atoms with Gasteiger partial charge in [-0.2, -0.15) is 0 Å². The molecular weight excluding hydrogens is 278 g/mol. The summed E-state index contributed by atoms with van der Waals surface area (Å²) in [6, 6.07) is 8.69. The number of benzene rings is 1. The lowest BCUT2D eigenvalue weighted by molar-refractivity contribution is 0.549. The molecule has 21 heavy (non-hydrogen) atoms. The van der Waals surface area contributed by atoms with E-state index in [0.29, 0.717) is 5.92 Å². The number of hydrogen-bond acceptors (Lipinski definition) is 4. The number of hydrogen-bond donors (Lipinski definition) is 1. The van der Waals surface area contributed by atoms with Gasteiger partial charge in [0, 0.05) is 25.5 Å². The van der Waals surface area contributed by atoms with Crippen molar-refractivity contribution in [3.05, 3.63) is 46.5 Å². The van der Waals surface area contributed by atoms with Crippen molar-refractivity contribution in [3.8, 4) is 0 Å². The molecule has 0 unspecified atom stereocenters. The molecule has 3 nitrogen and oxygen atoms in total. The van der Waals surface area contributed by atoms with E-state index in [4.69, 9.17) is 4.98 Å². The van der Waals surface area contributed by atoms with Gasteiger partial charge in [-0.1, -0.05) is 43.7 Å². The molecule has 1 aromatic heterocycles. The standard InChI is InChI=1S/C17H25N3S/c1-13(2)9-18-10-16-12-21-17(19-16)20(4)11-15-7-5-14(3)6-8-15/h5-8,12-13,18H,9-11H2,1-4H3. The minimum absolute atomic E-state index is 0.673. The first kappa shape index (κ1) is 16.0. The van der Waals surface area contributed by atoms with Crippen molar-refractivity contribution in [2.75, 3.05) is 18.5 Å². The summed E-state index contributed by atoms with van der Waals surface area (Å²) >= 11 is 1.71. The number of rotatable bonds is 7. The van der Waals surface area contributed by atoms with Crippen LogP contribution >= 0.6 is 11.3 Å². The van der Waals surface area contributed by atoms with Gasteiger partial charge in [-0.05, 0) is 24.9 Å². The maximum Gasteiger partial charge on any atom is 0.185 e. The minimum Gasteiger partial charge on any atom is -0.347 e. The first-order valence-corrected chi connectivity index (χ1v) is 8.34. The van der Waals surface area contributed by atoms with Crippen LogP contribution in [0.2, 0.25) is 0 Å². The van der Waals surface area contributed by atoms with Crippen LogP contribution in [0.5, 0.6) is 0 Å². The van der Waals surface area contributed by atoms with Crippen LogP contribution in [0.15, 0.2) is 29.6 Å².